The Morgan fingerprint density at radius 1 is 1.15 bits per heavy atom. The Morgan fingerprint density at radius 2 is 1.92 bits per heavy atom. The van der Waals surface area contributed by atoms with E-state index in [4.69, 9.17) is 0 Å². The molecule has 1 N–H and O–H groups in total. The van der Waals surface area contributed by atoms with E-state index in [2.05, 4.69) is 12.1 Å². The highest BCUT2D eigenvalue weighted by atomic mass is 32.2. The summed E-state index contributed by atoms with van der Waals surface area (Å²) in [5, 5.41) is 10.0. The van der Waals surface area contributed by atoms with Crippen LogP contribution in [0.2, 0.25) is 0 Å². The first-order valence-electron chi connectivity index (χ1n) is 4.76. The van der Waals surface area contributed by atoms with Gasteiger partial charge >= 0.3 is 0 Å². The highest BCUT2D eigenvalue weighted by Gasteiger charge is 2.25. The molecular formula is C11H14OS. The van der Waals surface area contributed by atoms with Gasteiger partial charge in [0, 0.05) is 10.1 Å². The van der Waals surface area contributed by atoms with Crippen molar-refractivity contribution in [2.24, 2.45) is 0 Å². The first-order valence-corrected chi connectivity index (χ1v) is 5.64. The van der Waals surface area contributed by atoms with Gasteiger partial charge in [-0.25, -0.2) is 0 Å². The summed E-state index contributed by atoms with van der Waals surface area (Å²) >= 11 is 1.81. The molecule has 0 aliphatic heterocycles. The molecule has 1 nitrogen and oxygen atoms in total. The van der Waals surface area contributed by atoms with Crippen LogP contribution in [0.25, 0.3) is 0 Å². The maximum atomic E-state index is 9.63. The van der Waals surface area contributed by atoms with E-state index in [1.807, 2.05) is 30.0 Å². The van der Waals surface area contributed by atoms with Gasteiger partial charge in [-0.05, 0) is 31.4 Å². The summed E-state index contributed by atoms with van der Waals surface area (Å²) in [6, 6.07) is 10.3. The maximum absolute atomic E-state index is 9.63. The van der Waals surface area contributed by atoms with E-state index in [0.29, 0.717) is 5.25 Å². The van der Waals surface area contributed by atoms with Gasteiger partial charge in [0.2, 0.25) is 0 Å². The van der Waals surface area contributed by atoms with Crippen molar-refractivity contribution in [3.8, 4) is 0 Å². The lowest BCUT2D eigenvalue weighted by Gasteiger charge is -2.13. The molecule has 0 unspecified atom stereocenters. The van der Waals surface area contributed by atoms with Crippen LogP contribution in [0.3, 0.4) is 0 Å². The number of thioether (sulfide) groups is 1. The predicted octanol–water partition coefficient (Wildman–Crippen LogP) is 2.69. The van der Waals surface area contributed by atoms with Gasteiger partial charge in [-0.15, -0.1) is 11.8 Å². The fourth-order valence-corrected chi connectivity index (χ4v) is 2.96. The van der Waals surface area contributed by atoms with Crippen molar-refractivity contribution in [2.45, 2.75) is 35.5 Å². The molecule has 0 aromatic heterocycles. The highest BCUT2D eigenvalue weighted by molar-refractivity contribution is 8.00. The van der Waals surface area contributed by atoms with Gasteiger partial charge in [0.15, 0.2) is 0 Å². The van der Waals surface area contributed by atoms with Crippen LogP contribution in [-0.2, 0) is 0 Å². The Labute approximate surface area is 83.2 Å². The van der Waals surface area contributed by atoms with Crippen LogP contribution in [0.5, 0.6) is 0 Å². The first-order chi connectivity index (χ1) is 6.36. The molecule has 1 aromatic rings. The third-order valence-electron chi connectivity index (χ3n) is 2.45. The lowest BCUT2D eigenvalue weighted by atomic mass is 10.3. The number of hydrogen-bond donors (Lipinski definition) is 1. The largest absolute Gasteiger partial charge is 0.392 e. The third-order valence-corrected chi connectivity index (χ3v) is 3.85. The van der Waals surface area contributed by atoms with Crippen LogP contribution < -0.4 is 0 Å². The molecule has 70 valence electrons. The zero-order chi connectivity index (χ0) is 9.10. The molecule has 1 fully saturated rings. The second-order valence-electron chi connectivity index (χ2n) is 3.47. The molecule has 0 bridgehead atoms. The minimum Gasteiger partial charge on any atom is -0.392 e. The number of hydrogen-bond acceptors (Lipinski definition) is 2. The van der Waals surface area contributed by atoms with Gasteiger partial charge in [-0.2, -0.15) is 0 Å². The van der Waals surface area contributed by atoms with Crippen molar-refractivity contribution in [3.63, 3.8) is 0 Å². The van der Waals surface area contributed by atoms with Crippen LogP contribution in [-0.4, -0.2) is 16.5 Å². The lowest BCUT2D eigenvalue weighted by molar-refractivity contribution is 0.188. The van der Waals surface area contributed by atoms with Gasteiger partial charge in [0.25, 0.3) is 0 Å². The summed E-state index contributed by atoms with van der Waals surface area (Å²) in [7, 11) is 0. The molecule has 0 heterocycles. The van der Waals surface area contributed by atoms with E-state index in [1.54, 1.807) is 0 Å². The molecular weight excluding hydrogens is 180 g/mol. The predicted molar refractivity (Wildman–Crippen MR) is 55.9 cm³/mol. The number of aliphatic hydroxyl groups excluding tert-OH is 1. The van der Waals surface area contributed by atoms with E-state index in [-0.39, 0.29) is 6.10 Å². The van der Waals surface area contributed by atoms with E-state index < -0.39 is 0 Å². The van der Waals surface area contributed by atoms with Crippen molar-refractivity contribution in [1.29, 1.82) is 0 Å². The van der Waals surface area contributed by atoms with Gasteiger partial charge in [0.1, 0.15) is 0 Å². The van der Waals surface area contributed by atoms with Crippen LogP contribution in [0.15, 0.2) is 35.2 Å². The Morgan fingerprint density at radius 3 is 2.54 bits per heavy atom. The van der Waals surface area contributed by atoms with E-state index in [0.717, 1.165) is 12.8 Å². The molecule has 0 saturated heterocycles. The van der Waals surface area contributed by atoms with Crippen molar-refractivity contribution >= 4 is 11.8 Å². The van der Waals surface area contributed by atoms with Crippen LogP contribution >= 0.6 is 11.8 Å². The first kappa shape index (κ1) is 9.10. The van der Waals surface area contributed by atoms with E-state index >= 15 is 0 Å². The standard InChI is InChI=1S/C11H14OS/c12-10-7-4-8-11(10)13-9-5-2-1-3-6-9/h1-3,5-6,10-12H,4,7-8H2/t10-,11-/m1/s1. The summed E-state index contributed by atoms with van der Waals surface area (Å²) < 4.78 is 0. The Bertz CT molecular complexity index is 260. The molecule has 13 heavy (non-hydrogen) atoms. The Balaban J connectivity index is 1.98. The molecule has 1 aliphatic rings. The molecule has 1 aliphatic carbocycles. The average Bonchev–Trinajstić information content (AvgIpc) is 2.54. The topological polar surface area (TPSA) is 20.2 Å². The number of benzene rings is 1. The summed E-state index contributed by atoms with van der Waals surface area (Å²) in [4.78, 5) is 1.27. The molecule has 1 aromatic carbocycles. The smallest absolute Gasteiger partial charge is 0.0662 e. The number of rotatable bonds is 2. The fourth-order valence-electron chi connectivity index (χ4n) is 1.72. The van der Waals surface area contributed by atoms with E-state index in [1.165, 1.54) is 11.3 Å². The highest BCUT2D eigenvalue weighted by Crippen LogP contribution is 2.34. The van der Waals surface area contributed by atoms with Crippen LogP contribution in [0.4, 0.5) is 0 Å². The summed E-state index contributed by atoms with van der Waals surface area (Å²) in [5.41, 5.74) is 0. The SMILES string of the molecule is O[C@@H]1CCC[C@H]1Sc1ccccc1. The quantitative estimate of drug-likeness (QED) is 0.781. The molecule has 2 atom stereocenters. The average molecular weight is 194 g/mol. The third kappa shape index (κ3) is 2.26. The van der Waals surface area contributed by atoms with Crippen molar-refractivity contribution in [2.75, 3.05) is 0 Å². The second-order valence-corrected chi connectivity index (χ2v) is 4.78. The lowest BCUT2D eigenvalue weighted by Crippen LogP contribution is -2.14. The van der Waals surface area contributed by atoms with Gasteiger partial charge < -0.3 is 5.11 Å². The summed E-state index contributed by atoms with van der Waals surface area (Å²) in [6.45, 7) is 0. The zero-order valence-corrected chi connectivity index (χ0v) is 8.33. The minimum atomic E-state index is -0.0924. The Kier molecular flexibility index (Phi) is 2.91. The van der Waals surface area contributed by atoms with Gasteiger partial charge in [-0.3, -0.25) is 0 Å². The van der Waals surface area contributed by atoms with Crippen molar-refractivity contribution in [3.05, 3.63) is 30.3 Å². The van der Waals surface area contributed by atoms with Crippen molar-refractivity contribution in [1.82, 2.24) is 0 Å². The fraction of sp³-hybridized carbons (Fsp3) is 0.455. The summed E-state index contributed by atoms with van der Waals surface area (Å²) in [5.74, 6) is 0. The second kappa shape index (κ2) is 4.16. The minimum absolute atomic E-state index is 0.0924. The monoisotopic (exact) mass is 194 g/mol. The molecule has 0 spiro atoms. The maximum Gasteiger partial charge on any atom is 0.0662 e. The molecule has 2 rings (SSSR count). The van der Waals surface area contributed by atoms with Crippen molar-refractivity contribution < 1.29 is 5.11 Å². The molecule has 2 heteroatoms. The molecule has 0 amide bonds. The van der Waals surface area contributed by atoms with Gasteiger partial charge in [0.05, 0.1) is 6.10 Å². The zero-order valence-electron chi connectivity index (χ0n) is 7.52. The molecule has 0 radical (unpaired) electrons. The normalized spacial score (nSPS) is 27.8. The number of aliphatic hydroxyl groups is 1. The van der Waals surface area contributed by atoms with E-state index in [9.17, 15) is 5.11 Å². The van der Waals surface area contributed by atoms with Gasteiger partial charge in [-0.1, -0.05) is 18.2 Å². The Hall–Kier alpha value is -0.470. The van der Waals surface area contributed by atoms with Crippen LogP contribution in [0, 0.1) is 0 Å². The summed E-state index contributed by atoms with van der Waals surface area (Å²) in [6.07, 6.45) is 3.21. The van der Waals surface area contributed by atoms with Crippen LogP contribution in [0.1, 0.15) is 19.3 Å². The molecule has 1 saturated carbocycles.